The molecule has 55 heavy (non-hydrogen) atoms. The number of aliphatic carboxylic acids is 1. The minimum Gasteiger partial charge on any atom is -0.548 e. The van der Waals surface area contributed by atoms with E-state index >= 15 is 0 Å². The van der Waals surface area contributed by atoms with Crippen LogP contribution < -0.4 is 71.3 Å². The van der Waals surface area contributed by atoms with Crippen LogP contribution >= 0.6 is 23.4 Å². The second-order valence-corrected chi connectivity index (χ2v) is 15.6. The first-order chi connectivity index (χ1) is 25.8. The minimum atomic E-state index is -1.28. The number of nitrogens with zero attached hydrogens (tertiary/aromatic N) is 2. The largest absolute Gasteiger partial charge is 1.00 e. The third-order valence-electron chi connectivity index (χ3n) is 8.73. The fourth-order valence-electron chi connectivity index (χ4n) is 6.19. The number of carbonyl (C=O) groups is 4. The number of carboxylic acids is 1. The Morgan fingerprint density at radius 1 is 0.909 bits per heavy atom. The van der Waals surface area contributed by atoms with E-state index in [2.05, 4.69) is 11.4 Å². The van der Waals surface area contributed by atoms with Gasteiger partial charge in [0.15, 0.2) is 6.61 Å². The number of hydrogen-bond donors (Lipinski definition) is 1. The number of rotatable bonds is 12. The summed E-state index contributed by atoms with van der Waals surface area (Å²) in [5.74, 6) is -1.26. The van der Waals surface area contributed by atoms with Crippen LogP contribution in [0.15, 0.2) is 109 Å². The second kappa shape index (κ2) is 19.8. The van der Waals surface area contributed by atoms with Crippen molar-refractivity contribution in [2.75, 3.05) is 6.61 Å². The van der Waals surface area contributed by atoms with Gasteiger partial charge in [0.1, 0.15) is 34.7 Å². The molecule has 2 unspecified atom stereocenters. The number of nitriles is 1. The van der Waals surface area contributed by atoms with Crippen molar-refractivity contribution in [3.8, 4) is 23.3 Å². The Hall–Kier alpha value is -3.87. The number of fused-ring (bicyclic) bond motifs is 1. The number of carboxylic acid groups (broad SMARTS) is 1. The average Bonchev–Trinajstić information content (AvgIpc) is 3.41. The predicted octanol–water partition coefficient (Wildman–Crippen LogP) is 3.05. The van der Waals surface area contributed by atoms with Crippen molar-refractivity contribution in [2.45, 2.75) is 61.9 Å². The number of esters is 1. The molecule has 0 aromatic heterocycles. The molecule has 2 saturated heterocycles. The van der Waals surface area contributed by atoms with Gasteiger partial charge in [0.25, 0.3) is 5.91 Å². The molecule has 0 saturated carbocycles. The second-order valence-electron chi connectivity index (χ2n) is 13.4. The van der Waals surface area contributed by atoms with E-state index in [4.69, 9.17) is 25.8 Å². The molecule has 2 amide bonds. The summed E-state index contributed by atoms with van der Waals surface area (Å²) in [5.41, 5.74) is 1.36. The molecule has 11 nitrogen and oxygen atoms in total. The summed E-state index contributed by atoms with van der Waals surface area (Å²) < 4.78 is 16.1. The maximum absolute atomic E-state index is 13.0. The van der Waals surface area contributed by atoms with Gasteiger partial charge in [-0.3, -0.25) is 14.4 Å². The zero-order chi connectivity index (χ0) is 39.0. The standard InChI is InChI=1S/C25H22ClNO3.C16H18N2O5S.K/c1-17(2)24(18-11-13-20(26)14-12-18)25(28)30-23(16-27)19-7-6-10-22(15-19)29-21-8-4-3-5-9-21;1-16(2)12(15(21)22)18-13(20)11(14(18)24-16)17-10(19)8-23-9-6-4-3-5-7-9;/h3-15,17,23-24H,1-2H3;3-7,11-12,14H,8H2,1-2H3,(H,17,19)(H,21,22);/q;;+1/p-1/t;11-,12+,14-;/m.1./s1. The third-order valence-corrected chi connectivity index (χ3v) is 10.6. The van der Waals surface area contributed by atoms with Crippen LogP contribution in [0.1, 0.15) is 50.8 Å². The Kier molecular flexibility index (Phi) is 15.8. The Bertz CT molecular complexity index is 2000. The van der Waals surface area contributed by atoms with E-state index in [9.17, 15) is 29.5 Å². The van der Waals surface area contributed by atoms with Crippen LogP contribution in [0.2, 0.25) is 5.02 Å². The normalized spacial score (nSPS) is 18.7. The third kappa shape index (κ3) is 11.1. The molecule has 0 bridgehead atoms. The first-order valence-corrected chi connectivity index (χ1v) is 18.4. The number of carbonyl (C=O) groups excluding carboxylic acids is 4. The number of hydrogen-bond acceptors (Lipinski definition) is 10. The van der Waals surface area contributed by atoms with Crippen molar-refractivity contribution in [3.05, 3.63) is 125 Å². The Balaban J connectivity index is 0.000000246. The van der Waals surface area contributed by atoms with Crippen molar-refractivity contribution in [3.63, 3.8) is 0 Å². The van der Waals surface area contributed by atoms with E-state index in [-0.39, 0.29) is 63.9 Å². The monoisotopic (exact) mass is 807 g/mol. The van der Waals surface area contributed by atoms with Gasteiger partial charge in [-0.25, -0.2) is 0 Å². The molecule has 2 fully saturated rings. The molecule has 0 aliphatic carbocycles. The summed E-state index contributed by atoms with van der Waals surface area (Å²) in [4.78, 5) is 49.8. The molecule has 6 rings (SSSR count). The molecule has 1 N–H and O–H groups in total. The molecule has 5 atom stereocenters. The van der Waals surface area contributed by atoms with Crippen LogP contribution in [-0.4, -0.2) is 57.5 Å². The van der Waals surface area contributed by atoms with E-state index in [1.807, 2.05) is 62.4 Å². The van der Waals surface area contributed by atoms with Gasteiger partial charge >= 0.3 is 57.4 Å². The van der Waals surface area contributed by atoms with Gasteiger partial charge in [0.2, 0.25) is 12.0 Å². The number of halogens is 1. The van der Waals surface area contributed by atoms with E-state index in [1.54, 1.807) is 74.5 Å². The number of nitrogens with one attached hydrogen (secondary N) is 1. The zero-order valence-corrected chi connectivity index (χ0v) is 35.7. The molecule has 280 valence electrons. The van der Waals surface area contributed by atoms with Crippen LogP contribution in [0, 0.1) is 17.2 Å². The summed E-state index contributed by atoms with van der Waals surface area (Å²) in [6.07, 6.45) is -1.04. The summed E-state index contributed by atoms with van der Waals surface area (Å²) in [5, 5.41) is 23.8. The molecule has 0 spiro atoms. The van der Waals surface area contributed by atoms with Gasteiger partial charge in [0, 0.05) is 15.3 Å². The first kappa shape index (κ1) is 43.8. The number of β-lactam (4-membered cyclic amide) rings is 1. The van der Waals surface area contributed by atoms with Crippen molar-refractivity contribution >= 4 is 47.1 Å². The number of ether oxygens (including phenoxy) is 3. The number of para-hydroxylation sites is 2. The molecule has 14 heteroatoms. The molecule has 4 aromatic rings. The van der Waals surface area contributed by atoms with Crippen LogP contribution in [0.4, 0.5) is 0 Å². The number of benzene rings is 4. The Labute approximate surface area is 372 Å². The van der Waals surface area contributed by atoms with Crippen molar-refractivity contribution < 1.29 is 89.9 Å². The van der Waals surface area contributed by atoms with Gasteiger partial charge in [-0.05, 0) is 73.9 Å². The molecule has 2 aliphatic rings. The fraction of sp³-hybridized carbons (Fsp3) is 0.293. The SMILES string of the molecule is CC(C)C(C(=O)OC(C#N)c1cccc(Oc2ccccc2)c1)c1ccc(Cl)cc1.CC1(C)S[C@@H]2[C@H](NC(=O)COc3ccccc3)C(=O)N2[C@H]1C(=O)[O-].[K+]. The van der Waals surface area contributed by atoms with Crippen LogP contribution in [0.3, 0.4) is 0 Å². The summed E-state index contributed by atoms with van der Waals surface area (Å²) >= 11 is 7.32. The molecule has 0 radical (unpaired) electrons. The number of thioether (sulfide) groups is 1. The van der Waals surface area contributed by atoms with Crippen LogP contribution in [0.5, 0.6) is 17.2 Å². The fourth-order valence-corrected chi connectivity index (χ4v) is 7.94. The smallest absolute Gasteiger partial charge is 0.548 e. The molecular weight excluding hydrogens is 769 g/mol. The Morgan fingerprint density at radius 3 is 2.09 bits per heavy atom. The molecule has 2 heterocycles. The van der Waals surface area contributed by atoms with Crippen molar-refractivity contribution in [1.82, 2.24) is 10.2 Å². The summed E-state index contributed by atoms with van der Waals surface area (Å²) in [7, 11) is 0. The maximum atomic E-state index is 13.0. The van der Waals surface area contributed by atoms with Gasteiger partial charge in [-0.1, -0.05) is 86.1 Å². The minimum absolute atomic E-state index is 0. The van der Waals surface area contributed by atoms with Crippen molar-refractivity contribution in [2.24, 2.45) is 5.92 Å². The van der Waals surface area contributed by atoms with Crippen LogP contribution in [-0.2, 0) is 23.9 Å². The Morgan fingerprint density at radius 2 is 1.51 bits per heavy atom. The van der Waals surface area contributed by atoms with Crippen LogP contribution in [0.25, 0.3) is 0 Å². The molecule has 2 aliphatic heterocycles. The van der Waals surface area contributed by atoms with Gasteiger partial charge in [-0.2, -0.15) is 5.26 Å². The maximum Gasteiger partial charge on any atom is 1.00 e. The topological polar surface area (TPSA) is 158 Å². The first-order valence-electron chi connectivity index (χ1n) is 17.2. The average molecular weight is 808 g/mol. The quantitative estimate of drug-likeness (QED) is 0.128. The van der Waals surface area contributed by atoms with E-state index in [0.29, 0.717) is 27.8 Å². The zero-order valence-electron chi connectivity index (χ0n) is 31.0. The van der Waals surface area contributed by atoms with E-state index in [0.717, 1.165) is 5.56 Å². The summed E-state index contributed by atoms with van der Waals surface area (Å²) in [6, 6.07) is 32.7. The van der Waals surface area contributed by atoms with Gasteiger partial charge in [-0.15, -0.1) is 11.8 Å². The molecular formula is C41H39ClKN3O8S. The predicted molar refractivity (Wildman–Crippen MR) is 201 cm³/mol. The molecule has 4 aromatic carbocycles. The number of amides is 2. The van der Waals surface area contributed by atoms with E-state index < -0.39 is 58.0 Å². The van der Waals surface area contributed by atoms with Gasteiger partial charge < -0.3 is 34.3 Å². The van der Waals surface area contributed by atoms with Gasteiger partial charge in [0.05, 0.1) is 17.9 Å². The summed E-state index contributed by atoms with van der Waals surface area (Å²) in [6.45, 7) is 7.17. The van der Waals surface area contributed by atoms with Crippen molar-refractivity contribution in [1.29, 1.82) is 5.26 Å². The van der Waals surface area contributed by atoms with E-state index in [1.165, 1.54) is 16.7 Å².